The third-order valence-electron chi connectivity index (χ3n) is 17.4. The van der Waals surface area contributed by atoms with Gasteiger partial charge >= 0.3 is 5.97 Å². The van der Waals surface area contributed by atoms with E-state index >= 15 is 0 Å². The van der Waals surface area contributed by atoms with Gasteiger partial charge in [0.1, 0.15) is 0 Å². The van der Waals surface area contributed by atoms with Crippen molar-refractivity contribution in [2.24, 2.45) is 0 Å². The predicted octanol–water partition coefficient (Wildman–Crippen LogP) is 24.3. The number of carbonyl (C=O) groups is 2. The van der Waals surface area contributed by atoms with Crippen molar-refractivity contribution in [1.29, 1.82) is 0 Å². The molecule has 82 heavy (non-hydrogen) atoms. The lowest BCUT2D eigenvalue weighted by Crippen LogP contribution is -2.45. The second kappa shape index (κ2) is 71.6. The maximum atomic E-state index is 12.5. The van der Waals surface area contributed by atoms with Gasteiger partial charge in [0.15, 0.2) is 0 Å². The highest BCUT2D eigenvalue weighted by Gasteiger charge is 2.18. The minimum absolute atomic E-state index is 0.00770. The zero-order valence-electron chi connectivity index (χ0n) is 55.5. The van der Waals surface area contributed by atoms with E-state index in [9.17, 15) is 19.8 Å². The maximum absolute atomic E-state index is 12.5. The van der Waals surface area contributed by atoms with Gasteiger partial charge in [-0.3, -0.25) is 9.59 Å². The third-order valence-corrected chi connectivity index (χ3v) is 17.4. The Morgan fingerprint density at radius 3 is 0.890 bits per heavy atom. The van der Waals surface area contributed by atoms with Gasteiger partial charge in [0, 0.05) is 12.8 Å². The molecule has 0 radical (unpaired) electrons. The predicted molar refractivity (Wildman–Crippen MR) is 361 cm³/mol. The fourth-order valence-electron chi connectivity index (χ4n) is 11.7. The highest BCUT2D eigenvalue weighted by molar-refractivity contribution is 5.76. The Labute approximate surface area is 513 Å². The first kappa shape index (κ1) is 80.1. The number of hydrogen-bond acceptors (Lipinski definition) is 5. The van der Waals surface area contributed by atoms with Crippen molar-refractivity contribution < 1.29 is 24.5 Å². The van der Waals surface area contributed by atoms with E-state index in [1.807, 2.05) is 6.08 Å². The number of unbranched alkanes of at least 4 members (excludes halogenated alkanes) is 55. The number of esters is 1. The fraction of sp³-hybridized carbons (Fsp3) is 0.895. The molecular weight excluding hydrogens is 1010 g/mol. The number of amides is 1. The molecule has 0 aliphatic carbocycles. The molecule has 0 aromatic carbocycles. The number of aliphatic hydroxyl groups excluding tert-OH is 2. The number of aliphatic hydroxyl groups is 2. The molecule has 0 aliphatic rings. The summed E-state index contributed by atoms with van der Waals surface area (Å²) in [6, 6.07) is -0.628. The number of allylic oxidation sites excluding steroid dienone is 5. The smallest absolute Gasteiger partial charge is 0.305 e. The quantitative estimate of drug-likeness (QED) is 0.0320. The van der Waals surface area contributed by atoms with Crippen molar-refractivity contribution in [2.75, 3.05) is 13.2 Å². The van der Waals surface area contributed by atoms with Crippen molar-refractivity contribution in [3.63, 3.8) is 0 Å². The van der Waals surface area contributed by atoms with Crippen molar-refractivity contribution in [3.8, 4) is 0 Å². The van der Waals surface area contributed by atoms with Gasteiger partial charge in [-0.15, -0.1) is 0 Å². The Balaban J connectivity index is 3.39. The van der Waals surface area contributed by atoms with E-state index in [0.717, 1.165) is 44.9 Å². The summed E-state index contributed by atoms with van der Waals surface area (Å²) in [5, 5.41) is 23.3. The van der Waals surface area contributed by atoms with Crippen LogP contribution >= 0.6 is 0 Å². The maximum Gasteiger partial charge on any atom is 0.305 e. The minimum Gasteiger partial charge on any atom is -0.466 e. The second-order valence-corrected chi connectivity index (χ2v) is 25.6. The molecule has 6 nitrogen and oxygen atoms in total. The Kier molecular flexibility index (Phi) is 69.9. The zero-order valence-corrected chi connectivity index (χ0v) is 55.5. The molecule has 0 aromatic rings. The zero-order chi connectivity index (χ0) is 59.2. The van der Waals surface area contributed by atoms with Crippen LogP contribution in [-0.4, -0.2) is 47.4 Å². The molecule has 0 fully saturated rings. The highest BCUT2D eigenvalue weighted by atomic mass is 16.5. The van der Waals surface area contributed by atoms with Crippen molar-refractivity contribution in [2.45, 2.75) is 424 Å². The molecule has 0 bridgehead atoms. The average Bonchev–Trinajstić information content (AvgIpc) is 3.48. The van der Waals surface area contributed by atoms with E-state index in [1.165, 1.54) is 340 Å². The standard InChI is InChI=1S/C76H145NO5/c1-3-5-7-9-11-13-15-17-18-19-20-21-33-36-39-42-45-48-52-56-60-64-68-74(79)73(72-78)77-75(80)69-65-61-57-53-49-46-43-40-37-34-31-29-27-25-23-22-24-26-28-30-32-35-38-41-44-47-51-55-59-63-67-71-82-76(81)70-66-62-58-54-50-16-14-12-10-8-6-4-2/h12,14,24,26,64,68,73-74,78-79H,3-11,13,15-23,25,27-63,65-67,69-72H2,1-2H3,(H,77,80)/b14-12-,26-24-,68-64+. The van der Waals surface area contributed by atoms with E-state index in [4.69, 9.17) is 4.74 Å². The minimum atomic E-state index is -0.844. The number of carbonyl (C=O) groups excluding carboxylic acids is 2. The lowest BCUT2D eigenvalue weighted by Gasteiger charge is -2.20. The van der Waals surface area contributed by atoms with Crippen LogP contribution < -0.4 is 5.32 Å². The molecule has 0 aromatic heterocycles. The number of ether oxygens (including phenoxy) is 1. The average molecular weight is 1150 g/mol. The van der Waals surface area contributed by atoms with Crippen LogP contribution in [0.1, 0.15) is 412 Å². The SMILES string of the molecule is CCCCC/C=C\CCCCCCCC(=O)OCCCCCCCCCCCCCC/C=C\CCCCCCCCCCCCCCCCCC(=O)NC(CO)C(O)/C=C/CCCCCCCCCCCCCCCCCCCCCC. The van der Waals surface area contributed by atoms with Crippen molar-refractivity contribution in [1.82, 2.24) is 5.32 Å². The lowest BCUT2D eigenvalue weighted by atomic mass is 10.0. The molecule has 2 atom stereocenters. The fourth-order valence-corrected chi connectivity index (χ4v) is 11.7. The van der Waals surface area contributed by atoms with Crippen LogP contribution in [0.2, 0.25) is 0 Å². The van der Waals surface area contributed by atoms with E-state index in [1.54, 1.807) is 6.08 Å². The molecule has 0 aliphatic heterocycles. The summed E-state index contributed by atoms with van der Waals surface area (Å²) < 4.78 is 5.48. The molecule has 0 heterocycles. The van der Waals surface area contributed by atoms with Gasteiger partial charge in [0.25, 0.3) is 0 Å². The largest absolute Gasteiger partial charge is 0.466 e. The summed E-state index contributed by atoms with van der Waals surface area (Å²) in [7, 11) is 0. The van der Waals surface area contributed by atoms with Gasteiger partial charge in [0.2, 0.25) is 5.91 Å². The van der Waals surface area contributed by atoms with Gasteiger partial charge in [-0.2, -0.15) is 0 Å². The van der Waals surface area contributed by atoms with Crippen molar-refractivity contribution in [3.05, 3.63) is 36.5 Å². The first-order chi connectivity index (χ1) is 40.5. The molecule has 0 rings (SSSR count). The Morgan fingerprint density at radius 2 is 0.573 bits per heavy atom. The summed E-state index contributed by atoms with van der Waals surface area (Å²) >= 11 is 0. The van der Waals surface area contributed by atoms with Crippen LogP contribution in [-0.2, 0) is 14.3 Å². The molecule has 6 heteroatoms. The molecule has 2 unspecified atom stereocenters. The van der Waals surface area contributed by atoms with E-state index in [-0.39, 0.29) is 18.5 Å². The number of hydrogen-bond donors (Lipinski definition) is 3. The summed E-state index contributed by atoms with van der Waals surface area (Å²) in [4.78, 5) is 24.6. The Hall–Kier alpha value is -1.92. The van der Waals surface area contributed by atoms with Gasteiger partial charge in [-0.05, 0) is 83.5 Å². The molecule has 0 saturated heterocycles. The van der Waals surface area contributed by atoms with Crippen LogP contribution in [0.25, 0.3) is 0 Å². The van der Waals surface area contributed by atoms with Crippen LogP contribution in [0.4, 0.5) is 0 Å². The van der Waals surface area contributed by atoms with E-state index in [0.29, 0.717) is 19.4 Å². The van der Waals surface area contributed by atoms with Gasteiger partial charge in [-0.1, -0.05) is 352 Å². The van der Waals surface area contributed by atoms with Gasteiger partial charge in [0.05, 0.1) is 25.4 Å². The normalized spacial score (nSPS) is 12.7. The summed E-state index contributed by atoms with van der Waals surface area (Å²) in [6.45, 7) is 4.92. The van der Waals surface area contributed by atoms with E-state index in [2.05, 4.69) is 43.5 Å². The lowest BCUT2D eigenvalue weighted by molar-refractivity contribution is -0.143. The second-order valence-electron chi connectivity index (χ2n) is 25.6. The topological polar surface area (TPSA) is 95.9 Å². The Bertz CT molecular complexity index is 1330. The molecule has 1 amide bonds. The highest BCUT2D eigenvalue weighted by Crippen LogP contribution is 2.19. The van der Waals surface area contributed by atoms with Crippen molar-refractivity contribution >= 4 is 11.9 Å². The third kappa shape index (κ3) is 67.2. The Morgan fingerprint density at radius 1 is 0.329 bits per heavy atom. The summed E-state index contributed by atoms with van der Waals surface area (Å²) in [5.41, 5.74) is 0. The first-order valence-electron chi connectivity index (χ1n) is 37.3. The molecule has 484 valence electrons. The van der Waals surface area contributed by atoms with Gasteiger partial charge in [-0.25, -0.2) is 0 Å². The van der Waals surface area contributed by atoms with Crippen LogP contribution in [0, 0.1) is 0 Å². The molecule has 3 N–H and O–H groups in total. The molecule has 0 saturated carbocycles. The number of nitrogens with one attached hydrogen (secondary N) is 1. The van der Waals surface area contributed by atoms with Crippen LogP contribution in [0.3, 0.4) is 0 Å². The number of rotatable bonds is 70. The summed E-state index contributed by atoms with van der Waals surface area (Å²) in [6.07, 6.45) is 92.4. The van der Waals surface area contributed by atoms with E-state index < -0.39 is 12.1 Å². The molecule has 0 spiro atoms. The van der Waals surface area contributed by atoms with Crippen LogP contribution in [0.5, 0.6) is 0 Å². The first-order valence-corrected chi connectivity index (χ1v) is 37.3. The molecular formula is C76H145NO5. The van der Waals surface area contributed by atoms with Crippen LogP contribution in [0.15, 0.2) is 36.5 Å². The monoisotopic (exact) mass is 1150 g/mol. The van der Waals surface area contributed by atoms with Gasteiger partial charge < -0.3 is 20.3 Å². The summed E-state index contributed by atoms with van der Waals surface area (Å²) in [5.74, 6) is -0.0540.